The number of halogens is 1. The minimum absolute atomic E-state index is 0.0271. The van der Waals surface area contributed by atoms with Gasteiger partial charge in [-0.2, -0.15) is 4.58 Å². The van der Waals surface area contributed by atoms with E-state index >= 15 is 0 Å². The molecule has 3 heteroatoms. The van der Waals surface area contributed by atoms with Crippen molar-refractivity contribution in [2.24, 2.45) is 5.41 Å². The summed E-state index contributed by atoms with van der Waals surface area (Å²) in [6, 6.07) is 13.4. The number of unbranched alkanes of at least 4 members (excludes halogenated alkanes) is 6. The second kappa shape index (κ2) is 14.2. The Labute approximate surface area is 271 Å². The molecule has 2 aromatic carbocycles. The summed E-state index contributed by atoms with van der Waals surface area (Å²) in [4.78, 5) is 0. The van der Waals surface area contributed by atoms with Crippen LogP contribution in [-0.4, -0.2) is 16.8 Å². The summed E-state index contributed by atoms with van der Waals surface area (Å²) in [5.41, 5.74) is 8.02. The summed E-state index contributed by atoms with van der Waals surface area (Å²) in [7, 11) is 0. The zero-order valence-electron chi connectivity index (χ0n) is 27.3. The molecule has 0 unspecified atom stereocenters. The smallest absolute Gasteiger partial charge is 0.210 e. The van der Waals surface area contributed by atoms with Gasteiger partial charge >= 0.3 is 0 Å². The zero-order chi connectivity index (χ0) is 31.2. The van der Waals surface area contributed by atoms with Crippen LogP contribution in [0.3, 0.4) is 0 Å². The van der Waals surface area contributed by atoms with Gasteiger partial charge in [0.1, 0.15) is 6.54 Å². The van der Waals surface area contributed by atoms with Crippen LogP contribution in [0.4, 0.5) is 5.69 Å². The Hall–Kier alpha value is -3.36. The van der Waals surface area contributed by atoms with Gasteiger partial charge in [0.2, 0.25) is 5.69 Å². The molecule has 0 radical (unpaired) electrons. The topological polar surface area (TPSA) is 15.0 Å². The first-order valence-electron chi connectivity index (χ1n) is 16.6. The van der Waals surface area contributed by atoms with Gasteiger partial charge in [0.25, 0.3) is 0 Å². The lowest BCUT2D eigenvalue weighted by molar-refractivity contribution is -0.438. The van der Waals surface area contributed by atoms with Crippen molar-refractivity contribution < 1.29 is 4.58 Å². The van der Waals surface area contributed by atoms with Crippen LogP contribution in [0.5, 0.6) is 0 Å². The van der Waals surface area contributed by atoms with E-state index in [0.29, 0.717) is 5.03 Å². The monoisotopic (exact) mass is 605 g/mol. The minimum Gasteiger partial charge on any atom is -0.358 e. The van der Waals surface area contributed by atoms with E-state index < -0.39 is 0 Å². The van der Waals surface area contributed by atoms with Crippen LogP contribution < -0.4 is 5.32 Å². The van der Waals surface area contributed by atoms with Gasteiger partial charge in [0, 0.05) is 46.0 Å². The summed E-state index contributed by atoms with van der Waals surface area (Å²) in [6.07, 6.45) is 30.2. The van der Waals surface area contributed by atoms with Crippen molar-refractivity contribution in [3.63, 3.8) is 0 Å². The molecule has 230 valence electrons. The molecule has 0 bridgehead atoms. The van der Waals surface area contributed by atoms with Gasteiger partial charge in [-0.1, -0.05) is 93.3 Å². The van der Waals surface area contributed by atoms with Crippen LogP contribution in [0.25, 0.3) is 10.8 Å². The number of hydrogen-bond donors (Lipinski definition) is 1. The average Bonchev–Trinajstić information content (AvgIpc) is 3.40. The molecule has 1 N–H and O–H groups in total. The number of benzene rings is 2. The highest BCUT2D eigenvalue weighted by atomic mass is 35.5. The first kappa shape index (κ1) is 32.0. The minimum atomic E-state index is -0.113. The highest BCUT2D eigenvalue weighted by Gasteiger charge is 2.45. The number of nitrogens with zero attached hydrogens (tertiary/aromatic N) is 1. The first-order valence-corrected chi connectivity index (χ1v) is 17.0. The molecule has 3 aliphatic rings. The normalized spacial score (nSPS) is 19.9. The van der Waals surface area contributed by atoms with Gasteiger partial charge in [-0.15, -0.1) is 6.58 Å². The molecule has 2 aromatic rings. The number of allylic oxidation sites excluding steroid dienone is 11. The van der Waals surface area contributed by atoms with Crippen LogP contribution in [0.1, 0.15) is 91.0 Å². The molecule has 5 rings (SSSR count). The lowest BCUT2D eigenvalue weighted by Crippen LogP contribution is -2.28. The lowest BCUT2D eigenvalue weighted by Gasteiger charge is -2.24. The average molecular weight is 606 g/mol. The van der Waals surface area contributed by atoms with Crippen LogP contribution in [-0.2, 0) is 5.41 Å². The number of hydrogen-bond acceptors (Lipinski definition) is 1. The van der Waals surface area contributed by atoms with Crippen LogP contribution in [0.2, 0.25) is 0 Å². The Morgan fingerprint density at radius 1 is 0.955 bits per heavy atom. The second-order valence-corrected chi connectivity index (χ2v) is 13.9. The summed E-state index contributed by atoms with van der Waals surface area (Å²) in [5, 5.41) is 6.99. The maximum Gasteiger partial charge on any atom is 0.210 e. The van der Waals surface area contributed by atoms with Crippen LogP contribution in [0, 0.1) is 5.41 Å². The van der Waals surface area contributed by atoms with Crippen molar-refractivity contribution in [3.8, 4) is 0 Å². The molecule has 0 fully saturated rings. The predicted molar refractivity (Wildman–Crippen MR) is 192 cm³/mol. The third-order valence-electron chi connectivity index (χ3n) is 9.69. The van der Waals surface area contributed by atoms with Gasteiger partial charge in [-0.05, 0) is 92.7 Å². The highest BCUT2D eigenvalue weighted by molar-refractivity contribution is 6.31. The summed E-state index contributed by atoms with van der Waals surface area (Å²) in [5.74, 6) is 0. The van der Waals surface area contributed by atoms with Crippen molar-refractivity contribution in [2.75, 3.05) is 6.54 Å². The zero-order valence-corrected chi connectivity index (χ0v) is 28.0. The fourth-order valence-corrected chi connectivity index (χ4v) is 7.35. The molecule has 2 nitrogen and oxygen atoms in total. The van der Waals surface area contributed by atoms with E-state index in [2.05, 4.69) is 117 Å². The molecule has 0 amide bonds. The molecule has 0 atom stereocenters. The summed E-state index contributed by atoms with van der Waals surface area (Å²) < 4.78 is 2.56. The first-order chi connectivity index (χ1) is 21.2. The van der Waals surface area contributed by atoms with E-state index in [1.807, 2.05) is 18.2 Å². The number of nitrogens with one attached hydrogen (secondary N) is 1. The van der Waals surface area contributed by atoms with E-state index in [-0.39, 0.29) is 10.8 Å². The molecule has 44 heavy (non-hydrogen) atoms. The van der Waals surface area contributed by atoms with Crippen molar-refractivity contribution in [1.82, 2.24) is 5.32 Å². The Balaban J connectivity index is 1.33. The van der Waals surface area contributed by atoms with Gasteiger partial charge in [-0.25, -0.2) is 0 Å². The van der Waals surface area contributed by atoms with Gasteiger partial charge in [0.15, 0.2) is 5.71 Å². The van der Waals surface area contributed by atoms with Crippen molar-refractivity contribution in [2.45, 2.75) is 90.9 Å². The Bertz CT molecular complexity index is 1600. The lowest BCUT2D eigenvalue weighted by atomic mass is 9.79. The van der Waals surface area contributed by atoms with Gasteiger partial charge in [-0.3, -0.25) is 0 Å². The Morgan fingerprint density at radius 2 is 1.73 bits per heavy atom. The van der Waals surface area contributed by atoms with Crippen molar-refractivity contribution >= 4 is 33.8 Å². The quantitative estimate of drug-likeness (QED) is 0.104. The predicted octanol–water partition coefficient (Wildman–Crippen LogP) is 11.5. The Kier molecular flexibility index (Phi) is 10.3. The molecular weight excluding hydrogens is 556 g/mol. The van der Waals surface area contributed by atoms with Crippen molar-refractivity contribution in [3.05, 3.63) is 125 Å². The van der Waals surface area contributed by atoms with Crippen LogP contribution in [0.15, 0.2) is 120 Å². The second-order valence-electron chi connectivity index (χ2n) is 13.5. The molecule has 2 heterocycles. The molecular formula is C41H50ClN2+. The SMILES string of the molecule is C=CCCCCCCCC[N+]1=C(/C=C/C=C(Cl)/C=C/C=C2/NC3=C(CCC=C3)C2(C)C)C(C)(C)c2c1ccc1ccccc21. The standard InChI is InChI=1S/C41H49ClN2/c1-6-7-8-9-10-11-12-17-30-44-36-29-28-31-20-13-14-23-33(31)39(36)41(4,5)38(44)27-19-22-32(42)21-18-26-37-40(2,3)34-24-15-16-25-35(34)43-37/h6,13-14,16,18-23,25-29H,1,7-12,15,17,24,30H2,2-5H3/p+1. The van der Waals surface area contributed by atoms with E-state index in [1.165, 1.54) is 83.2 Å². The highest BCUT2D eigenvalue weighted by Crippen LogP contribution is 2.45. The van der Waals surface area contributed by atoms with Crippen molar-refractivity contribution in [1.29, 1.82) is 0 Å². The summed E-state index contributed by atoms with van der Waals surface area (Å²) in [6.45, 7) is 14.2. The molecule has 0 saturated heterocycles. The number of rotatable bonds is 13. The van der Waals surface area contributed by atoms with E-state index in [0.717, 1.165) is 25.8 Å². The van der Waals surface area contributed by atoms with E-state index in [9.17, 15) is 0 Å². The third-order valence-corrected chi connectivity index (χ3v) is 9.94. The molecule has 0 saturated carbocycles. The fraction of sp³-hybridized carbons (Fsp3) is 0.390. The van der Waals surface area contributed by atoms with Gasteiger partial charge < -0.3 is 5.32 Å². The molecule has 0 spiro atoms. The van der Waals surface area contributed by atoms with Crippen LogP contribution >= 0.6 is 11.6 Å². The van der Waals surface area contributed by atoms with E-state index in [1.54, 1.807) is 0 Å². The maximum absolute atomic E-state index is 6.71. The number of fused-ring (bicyclic) bond motifs is 3. The molecule has 0 aromatic heterocycles. The van der Waals surface area contributed by atoms with E-state index in [4.69, 9.17) is 11.6 Å². The Morgan fingerprint density at radius 3 is 2.52 bits per heavy atom. The molecule has 1 aliphatic carbocycles. The third kappa shape index (κ3) is 6.81. The largest absolute Gasteiger partial charge is 0.358 e. The maximum atomic E-state index is 6.71. The van der Waals surface area contributed by atoms with Gasteiger partial charge in [0.05, 0.1) is 5.41 Å². The molecule has 2 aliphatic heterocycles. The summed E-state index contributed by atoms with van der Waals surface area (Å²) >= 11 is 6.71. The fourth-order valence-electron chi connectivity index (χ4n) is 7.21.